The average Bonchev–Trinajstić information content (AvgIpc) is 2.51. The van der Waals surface area contributed by atoms with Crippen LogP contribution in [0.4, 0.5) is 4.39 Å². The summed E-state index contributed by atoms with van der Waals surface area (Å²) in [5.41, 5.74) is 0.541. The van der Waals surface area contributed by atoms with Crippen molar-refractivity contribution in [2.45, 2.75) is 25.7 Å². The van der Waals surface area contributed by atoms with Crippen molar-refractivity contribution < 1.29 is 9.18 Å². The van der Waals surface area contributed by atoms with Gasteiger partial charge in [-0.05, 0) is 34.8 Å². The maximum absolute atomic E-state index is 13.7. The molecule has 0 aromatic heterocycles. The van der Waals surface area contributed by atoms with Gasteiger partial charge in [0.1, 0.15) is 5.82 Å². The van der Waals surface area contributed by atoms with Crippen molar-refractivity contribution in [2.24, 2.45) is 0 Å². The number of hydrogen-bond acceptors (Lipinski definition) is 1. The topological polar surface area (TPSA) is 29.1 Å². The van der Waals surface area contributed by atoms with Crippen molar-refractivity contribution in [2.75, 3.05) is 11.0 Å². The molecular formula is C17H19FINO. The van der Waals surface area contributed by atoms with Gasteiger partial charge in [0.15, 0.2) is 0 Å². The molecule has 0 saturated carbocycles. The van der Waals surface area contributed by atoms with Gasteiger partial charge in [-0.25, -0.2) is 4.39 Å². The van der Waals surface area contributed by atoms with Crippen LogP contribution in [0.3, 0.4) is 0 Å². The van der Waals surface area contributed by atoms with Gasteiger partial charge < -0.3 is 5.32 Å². The van der Waals surface area contributed by atoms with Gasteiger partial charge in [-0.1, -0.05) is 59.7 Å². The van der Waals surface area contributed by atoms with Crippen LogP contribution in [0, 0.1) is 5.82 Å². The third kappa shape index (κ3) is 4.40. The molecule has 0 aliphatic carbocycles. The minimum atomic E-state index is -0.291. The van der Waals surface area contributed by atoms with Crippen molar-refractivity contribution in [3.63, 3.8) is 0 Å². The smallest absolute Gasteiger partial charge is 0.251 e. The fourth-order valence-electron chi connectivity index (χ4n) is 2.33. The van der Waals surface area contributed by atoms with Crippen LogP contribution in [-0.4, -0.2) is 16.9 Å². The molecule has 0 fully saturated rings. The third-order valence-corrected chi connectivity index (χ3v) is 4.22. The lowest BCUT2D eigenvalue weighted by atomic mass is 10.0. The Kier molecular flexibility index (Phi) is 6.42. The number of benzene rings is 2. The van der Waals surface area contributed by atoms with Gasteiger partial charge in [-0.15, -0.1) is 0 Å². The van der Waals surface area contributed by atoms with E-state index in [0.717, 1.165) is 12.8 Å². The minimum absolute atomic E-state index is 0.125. The van der Waals surface area contributed by atoms with Crippen LogP contribution >= 0.6 is 22.6 Å². The van der Waals surface area contributed by atoms with Crippen molar-refractivity contribution in [3.05, 3.63) is 47.8 Å². The number of carbonyl (C=O) groups is 1. The largest absolute Gasteiger partial charge is 0.352 e. The summed E-state index contributed by atoms with van der Waals surface area (Å²) in [6.45, 7) is 0.672. The molecule has 2 nitrogen and oxygen atoms in total. The van der Waals surface area contributed by atoms with E-state index < -0.39 is 0 Å². The molecule has 0 aliphatic rings. The number of amides is 1. The molecule has 0 saturated heterocycles. The van der Waals surface area contributed by atoms with Crippen molar-refractivity contribution >= 4 is 39.3 Å². The summed E-state index contributed by atoms with van der Waals surface area (Å²) < 4.78 is 14.9. The molecule has 0 heterocycles. The highest BCUT2D eigenvalue weighted by Gasteiger charge is 2.11. The van der Waals surface area contributed by atoms with Gasteiger partial charge in [-0.2, -0.15) is 0 Å². The van der Waals surface area contributed by atoms with Crippen LogP contribution < -0.4 is 5.32 Å². The number of carbonyl (C=O) groups excluding carboxylic acids is 1. The number of unbranched alkanes of at least 4 members (excludes halogenated alkanes) is 3. The van der Waals surface area contributed by atoms with Crippen molar-refractivity contribution in [1.82, 2.24) is 5.32 Å². The molecule has 1 N–H and O–H groups in total. The second kappa shape index (κ2) is 8.32. The molecule has 0 spiro atoms. The number of halogens is 2. The van der Waals surface area contributed by atoms with E-state index in [0.29, 0.717) is 22.9 Å². The molecule has 21 heavy (non-hydrogen) atoms. The number of alkyl halides is 1. The van der Waals surface area contributed by atoms with E-state index in [9.17, 15) is 9.18 Å². The molecule has 1 amide bonds. The SMILES string of the molecule is O=C(NCCCCCCI)c1ccc(F)c2ccccc12. The second-order valence-corrected chi connectivity index (χ2v) is 6.08. The van der Waals surface area contributed by atoms with E-state index in [4.69, 9.17) is 0 Å². The van der Waals surface area contributed by atoms with E-state index in [-0.39, 0.29) is 11.7 Å². The number of nitrogens with one attached hydrogen (secondary N) is 1. The van der Waals surface area contributed by atoms with E-state index in [2.05, 4.69) is 27.9 Å². The molecule has 4 heteroatoms. The molecule has 0 aliphatic heterocycles. The first kappa shape index (κ1) is 16.2. The van der Waals surface area contributed by atoms with Crippen molar-refractivity contribution in [1.29, 1.82) is 0 Å². The molecule has 2 rings (SSSR count). The Hall–Kier alpha value is -1.17. The van der Waals surface area contributed by atoms with Crippen LogP contribution in [0.2, 0.25) is 0 Å². The van der Waals surface area contributed by atoms with Crippen LogP contribution in [0.5, 0.6) is 0 Å². The molecule has 0 radical (unpaired) electrons. The second-order valence-electron chi connectivity index (χ2n) is 5.00. The van der Waals surface area contributed by atoms with Gasteiger partial charge in [0.25, 0.3) is 5.91 Å². The van der Waals surface area contributed by atoms with Crippen LogP contribution in [0.25, 0.3) is 10.8 Å². The highest BCUT2D eigenvalue weighted by atomic mass is 127. The first-order valence-electron chi connectivity index (χ1n) is 7.25. The van der Waals surface area contributed by atoms with Gasteiger partial charge in [0, 0.05) is 17.5 Å². The van der Waals surface area contributed by atoms with Gasteiger partial charge >= 0.3 is 0 Å². The molecule has 2 aromatic rings. The maximum Gasteiger partial charge on any atom is 0.251 e. The van der Waals surface area contributed by atoms with Gasteiger partial charge in [0.05, 0.1) is 0 Å². The van der Waals surface area contributed by atoms with E-state index >= 15 is 0 Å². The summed E-state index contributed by atoms with van der Waals surface area (Å²) in [5.74, 6) is -0.416. The lowest BCUT2D eigenvalue weighted by Crippen LogP contribution is -2.24. The molecule has 112 valence electrons. The number of hydrogen-bond donors (Lipinski definition) is 1. The van der Waals surface area contributed by atoms with Crippen LogP contribution in [-0.2, 0) is 0 Å². The molecule has 0 bridgehead atoms. The molecule has 2 aromatic carbocycles. The van der Waals surface area contributed by atoms with Gasteiger partial charge in [-0.3, -0.25) is 4.79 Å². The summed E-state index contributed by atoms with van der Waals surface area (Å²) in [6, 6.07) is 10.0. The zero-order valence-corrected chi connectivity index (χ0v) is 14.0. The zero-order chi connectivity index (χ0) is 15.1. The lowest BCUT2D eigenvalue weighted by molar-refractivity contribution is 0.0954. The quantitative estimate of drug-likeness (QED) is 0.408. The maximum atomic E-state index is 13.7. The Morgan fingerprint density at radius 1 is 1.00 bits per heavy atom. The Morgan fingerprint density at radius 2 is 1.71 bits per heavy atom. The predicted octanol–water partition coefficient (Wildman–Crippen LogP) is 4.70. The van der Waals surface area contributed by atoms with E-state index in [1.54, 1.807) is 24.3 Å². The normalized spacial score (nSPS) is 10.8. The molecule has 0 atom stereocenters. The van der Waals surface area contributed by atoms with Crippen LogP contribution in [0.1, 0.15) is 36.0 Å². The summed E-state index contributed by atoms with van der Waals surface area (Å²) in [5, 5.41) is 4.08. The zero-order valence-electron chi connectivity index (χ0n) is 11.9. The Balaban J connectivity index is 1.98. The molecular weight excluding hydrogens is 380 g/mol. The fourth-order valence-corrected chi connectivity index (χ4v) is 2.87. The predicted molar refractivity (Wildman–Crippen MR) is 93.6 cm³/mol. The lowest BCUT2D eigenvalue weighted by Gasteiger charge is -2.08. The summed E-state index contributed by atoms with van der Waals surface area (Å²) in [6.07, 6.45) is 4.56. The minimum Gasteiger partial charge on any atom is -0.352 e. The first-order valence-corrected chi connectivity index (χ1v) is 8.78. The number of fused-ring (bicyclic) bond motifs is 1. The summed E-state index contributed by atoms with van der Waals surface area (Å²) >= 11 is 2.38. The standard InChI is InChI=1S/C17H19FINO/c18-16-10-9-15(13-7-3-4-8-14(13)16)17(21)20-12-6-2-1-5-11-19/h3-4,7-10H,1-2,5-6,11-12H2,(H,20,21). The van der Waals surface area contributed by atoms with E-state index in [1.807, 2.05) is 6.07 Å². The Bertz CT molecular complexity index is 615. The summed E-state index contributed by atoms with van der Waals surface area (Å²) in [7, 11) is 0. The van der Waals surface area contributed by atoms with Crippen LogP contribution in [0.15, 0.2) is 36.4 Å². The van der Waals surface area contributed by atoms with Crippen molar-refractivity contribution in [3.8, 4) is 0 Å². The average molecular weight is 399 g/mol. The highest BCUT2D eigenvalue weighted by molar-refractivity contribution is 14.1. The summed E-state index contributed by atoms with van der Waals surface area (Å²) in [4.78, 5) is 12.2. The Morgan fingerprint density at radius 3 is 2.48 bits per heavy atom. The fraction of sp³-hybridized carbons (Fsp3) is 0.353. The highest BCUT2D eigenvalue weighted by Crippen LogP contribution is 2.21. The monoisotopic (exact) mass is 399 g/mol. The third-order valence-electron chi connectivity index (χ3n) is 3.46. The van der Waals surface area contributed by atoms with E-state index in [1.165, 1.54) is 23.3 Å². The molecule has 0 unspecified atom stereocenters. The number of rotatable bonds is 7. The first-order chi connectivity index (χ1) is 10.2. The van der Waals surface area contributed by atoms with Gasteiger partial charge in [0.2, 0.25) is 0 Å². The Labute approximate surface area is 138 Å².